The van der Waals surface area contributed by atoms with Crippen LogP contribution in [0.5, 0.6) is 17.2 Å². The first kappa shape index (κ1) is 19.5. The van der Waals surface area contributed by atoms with Gasteiger partial charge in [0.05, 0.1) is 32.3 Å². The number of carbonyl (C=O) groups is 1. The second kappa shape index (κ2) is 9.10. The summed E-state index contributed by atoms with van der Waals surface area (Å²) in [4.78, 5) is 15.6. The normalized spacial score (nSPS) is 16.2. The number of amides is 1. The van der Waals surface area contributed by atoms with E-state index in [4.69, 9.17) is 18.9 Å². The number of nitrogens with zero attached hydrogens (tertiary/aromatic N) is 1. The molecule has 2 aromatic rings. The van der Waals surface area contributed by atoms with Gasteiger partial charge in [0.15, 0.2) is 11.5 Å². The molecule has 0 spiro atoms. The number of rotatable bonds is 8. The van der Waals surface area contributed by atoms with Gasteiger partial charge in [-0.3, -0.25) is 4.79 Å². The molecule has 1 fully saturated rings. The summed E-state index contributed by atoms with van der Waals surface area (Å²) in [7, 11) is 4.74. The zero-order chi connectivity index (χ0) is 19.2. The maximum absolute atomic E-state index is 13.0. The van der Waals surface area contributed by atoms with Gasteiger partial charge in [0.25, 0.3) is 5.91 Å². The highest BCUT2D eigenvalue weighted by molar-refractivity contribution is 7.12. The maximum Gasteiger partial charge on any atom is 0.264 e. The summed E-state index contributed by atoms with van der Waals surface area (Å²) in [5.41, 5.74) is 0.910. The van der Waals surface area contributed by atoms with Crippen LogP contribution in [-0.2, 0) is 11.3 Å². The number of hydrogen-bond acceptors (Lipinski definition) is 6. The van der Waals surface area contributed by atoms with E-state index in [9.17, 15) is 4.79 Å². The molecule has 3 rings (SSSR count). The SMILES string of the molecule is COc1cc(CN(C[C@@H]2CCCO2)C(=O)c2cccs2)cc(OC)c1OC. The van der Waals surface area contributed by atoms with Crippen molar-refractivity contribution < 1.29 is 23.7 Å². The number of ether oxygens (including phenoxy) is 4. The van der Waals surface area contributed by atoms with Gasteiger partial charge in [0.2, 0.25) is 5.75 Å². The van der Waals surface area contributed by atoms with Crippen molar-refractivity contribution in [1.82, 2.24) is 4.90 Å². The van der Waals surface area contributed by atoms with E-state index in [0.29, 0.717) is 30.3 Å². The van der Waals surface area contributed by atoms with E-state index in [-0.39, 0.29) is 12.0 Å². The van der Waals surface area contributed by atoms with E-state index in [1.165, 1.54) is 11.3 Å². The second-order valence-electron chi connectivity index (χ2n) is 6.33. The molecule has 1 atom stereocenters. The summed E-state index contributed by atoms with van der Waals surface area (Å²) >= 11 is 1.45. The highest BCUT2D eigenvalue weighted by Gasteiger charge is 2.25. The predicted molar refractivity (Wildman–Crippen MR) is 104 cm³/mol. The van der Waals surface area contributed by atoms with Crippen molar-refractivity contribution >= 4 is 17.2 Å². The Bertz CT molecular complexity index is 731. The summed E-state index contributed by atoms with van der Waals surface area (Å²) in [6, 6.07) is 7.50. The van der Waals surface area contributed by atoms with E-state index < -0.39 is 0 Å². The lowest BCUT2D eigenvalue weighted by atomic mass is 10.1. The second-order valence-corrected chi connectivity index (χ2v) is 7.28. The van der Waals surface area contributed by atoms with Gasteiger partial charge in [-0.15, -0.1) is 11.3 Å². The number of benzene rings is 1. The molecule has 1 aliphatic heterocycles. The van der Waals surface area contributed by atoms with Crippen LogP contribution >= 0.6 is 11.3 Å². The fraction of sp³-hybridized carbons (Fsp3) is 0.450. The Morgan fingerprint density at radius 2 is 1.96 bits per heavy atom. The number of thiophene rings is 1. The van der Waals surface area contributed by atoms with Gasteiger partial charge in [0.1, 0.15) is 0 Å². The molecule has 0 unspecified atom stereocenters. The van der Waals surface area contributed by atoms with Crippen molar-refractivity contribution in [2.75, 3.05) is 34.5 Å². The molecule has 27 heavy (non-hydrogen) atoms. The summed E-state index contributed by atoms with van der Waals surface area (Å²) in [6.07, 6.45) is 2.09. The molecule has 0 saturated carbocycles. The molecule has 1 aromatic heterocycles. The summed E-state index contributed by atoms with van der Waals surface area (Å²) < 4.78 is 22.0. The third-order valence-corrected chi connectivity index (χ3v) is 5.42. The molecular formula is C20H25NO5S. The van der Waals surface area contributed by atoms with Gasteiger partial charge in [-0.05, 0) is 42.0 Å². The summed E-state index contributed by atoms with van der Waals surface area (Å²) in [5, 5.41) is 1.91. The van der Waals surface area contributed by atoms with Crippen LogP contribution in [0.3, 0.4) is 0 Å². The van der Waals surface area contributed by atoms with E-state index in [1.54, 1.807) is 21.3 Å². The van der Waals surface area contributed by atoms with Crippen molar-refractivity contribution in [3.05, 3.63) is 40.1 Å². The number of methoxy groups -OCH3 is 3. The largest absolute Gasteiger partial charge is 0.493 e. The van der Waals surface area contributed by atoms with Crippen LogP contribution in [0, 0.1) is 0 Å². The van der Waals surface area contributed by atoms with Crippen LogP contribution in [0.4, 0.5) is 0 Å². The quantitative estimate of drug-likeness (QED) is 0.688. The average molecular weight is 391 g/mol. The zero-order valence-corrected chi connectivity index (χ0v) is 16.7. The molecule has 6 nitrogen and oxygen atoms in total. The minimum Gasteiger partial charge on any atom is -0.493 e. The first-order valence-electron chi connectivity index (χ1n) is 8.89. The van der Waals surface area contributed by atoms with E-state index in [2.05, 4.69) is 0 Å². The van der Waals surface area contributed by atoms with Crippen LogP contribution in [0.15, 0.2) is 29.6 Å². The molecule has 1 aromatic carbocycles. The van der Waals surface area contributed by atoms with Crippen molar-refractivity contribution in [3.63, 3.8) is 0 Å². The van der Waals surface area contributed by atoms with Gasteiger partial charge in [-0.2, -0.15) is 0 Å². The topological polar surface area (TPSA) is 57.2 Å². The van der Waals surface area contributed by atoms with Crippen molar-refractivity contribution in [2.24, 2.45) is 0 Å². The third kappa shape index (κ3) is 4.54. The first-order chi connectivity index (χ1) is 13.2. The monoisotopic (exact) mass is 391 g/mol. The van der Waals surface area contributed by atoms with Crippen LogP contribution < -0.4 is 14.2 Å². The van der Waals surface area contributed by atoms with Crippen molar-refractivity contribution in [3.8, 4) is 17.2 Å². The van der Waals surface area contributed by atoms with Gasteiger partial charge in [-0.1, -0.05) is 6.07 Å². The smallest absolute Gasteiger partial charge is 0.264 e. The van der Waals surface area contributed by atoms with E-state index in [1.807, 2.05) is 34.5 Å². The summed E-state index contributed by atoms with van der Waals surface area (Å²) in [5.74, 6) is 1.70. The highest BCUT2D eigenvalue weighted by Crippen LogP contribution is 2.38. The van der Waals surface area contributed by atoms with E-state index >= 15 is 0 Å². The van der Waals surface area contributed by atoms with Crippen LogP contribution in [0.2, 0.25) is 0 Å². The number of carbonyl (C=O) groups excluding carboxylic acids is 1. The lowest BCUT2D eigenvalue weighted by Crippen LogP contribution is -2.36. The van der Waals surface area contributed by atoms with Gasteiger partial charge in [0, 0.05) is 19.7 Å². The Balaban J connectivity index is 1.87. The van der Waals surface area contributed by atoms with E-state index in [0.717, 1.165) is 29.9 Å². The molecule has 1 aliphatic rings. The van der Waals surface area contributed by atoms with Gasteiger partial charge >= 0.3 is 0 Å². The summed E-state index contributed by atoms with van der Waals surface area (Å²) in [6.45, 7) is 1.76. The van der Waals surface area contributed by atoms with Gasteiger partial charge in [-0.25, -0.2) is 0 Å². The lowest BCUT2D eigenvalue weighted by Gasteiger charge is -2.26. The number of hydrogen-bond donors (Lipinski definition) is 0. The van der Waals surface area contributed by atoms with Crippen LogP contribution in [0.25, 0.3) is 0 Å². The van der Waals surface area contributed by atoms with Crippen molar-refractivity contribution in [1.29, 1.82) is 0 Å². The van der Waals surface area contributed by atoms with Crippen molar-refractivity contribution in [2.45, 2.75) is 25.5 Å². The van der Waals surface area contributed by atoms with Gasteiger partial charge < -0.3 is 23.8 Å². The Hall–Kier alpha value is -2.25. The molecule has 0 N–H and O–H groups in total. The Labute approximate surface area is 163 Å². The standard InChI is InChI=1S/C20H25NO5S/c1-23-16-10-14(11-17(24-2)19(16)25-3)12-21(13-15-6-4-8-26-15)20(22)18-7-5-9-27-18/h5,7,9-11,15H,4,6,8,12-13H2,1-3H3/t15-/m0/s1. The van der Waals surface area contributed by atoms with Crippen LogP contribution in [0.1, 0.15) is 28.1 Å². The Morgan fingerprint density at radius 1 is 1.22 bits per heavy atom. The molecule has 1 amide bonds. The lowest BCUT2D eigenvalue weighted by molar-refractivity contribution is 0.0510. The average Bonchev–Trinajstić information content (AvgIpc) is 3.40. The highest BCUT2D eigenvalue weighted by atomic mass is 32.1. The van der Waals surface area contributed by atoms with Crippen LogP contribution in [-0.4, -0.2) is 51.4 Å². The molecule has 2 heterocycles. The maximum atomic E-state index is 13.0. The Kier molecular flexibility index (Phi) is 6.58. The molecule has 0 aliphatic carbocycles. The first-order valence-corrected chi connectivity index (χ1v) is 9.77. The molecular weight excluding hydrogens is 366 g/mol. The third-order valence-electron chi connectivity index (χ3n) is 4.57. The minimum atomic E-state index is 0.00857. The molecule has 0 radical (unpaired) electrons. The fourth-order valence-corrected chi connectivity index (χ4v) is 3.95. The zero-order valence-electron chi connectivity index (χ0n) is 15.9. The molecule has 7 heteroatoms. The molecule has 0 bridgehead atoms. The predicted octanol–water partition coefficient (Wildman–Crippen LogP) is 3.60. The molecule has 1 saturated heterocycles. The molecule has 146 valence electrons. The Morgan fingerprint density at radius 3 is 2.48 bits per heavy atom. The minimum absolute atomic E-state index is 0.00857. The fourth-order valence-electron chi connectivity index (χ4n) is 3.26.